The summed E-state index contributed by atoms with van der Waals surface area (Å²) in [6, 6.07) is 1.63. The number of methoxy groups -OCH3 is 1. The quantitative estimate of drug-likeness (QED) is 0.346. The highest BCUT2D eigenvalue weighted by Gasteiger charge is 2.16. The molecule has 0 N–H and O–H groups in total. The van der Waals surface area contributed by atoms with Crippen LogP contribution in [0, 0.1) is 12.1 Å². The minimum absolute atomic E-state index is 0.163. The number of halogens is 1. The molecule has 16 heavy (non-hydrogen) atoms. The van der Waals surface area contributed by atoms with Crippen molar-refractivity contribution in [3.8, 4) is 5.75 Å². The standard InChI is InChI=1S/C11H16ClNO3/c1-4-11(15-3)16-10-5-6-13(14)9(7-12)8(10)2/h5-6,11H,4,7H2,1-3H3. The number of nitrogens with zero attached hydrogens (tertiary/aromatic N) is 1. The summed E-state index contributed by atoms with van der Waals surface area (Å²) in [7, 11) is 1.59. The molecule has 0 saturated carbocycles. The number of aromatic nitrogens is 1. The van der Waals surface area contributed by atoms with Crippen molar-refractivity contribution in [2.75, 3.05) is 7.11 Å². The van der Waals surface area contributed by atoms with Crippen LogP contribution in [0.5, 0.6) is 5.75 Å². The molecule has 1 unspecified atom stereocenters. The van der Waals surface area contributed by atoms with Crippen molar-refractivity contribution in [1.82, 2.24) is 0 Å². The third-order valence-electron chi connectivity index (χ3n) is 2.41. The maximum absolute atomic E-state index is 11.4. The van der Waals surface area contributed by atoms with Gasteiger partial charge in [-0.05, 0) is 6.92 Å². The first kappa shape index (κ1) is 13.1. The second-order valence-corrected chi connectivity index (χ2v) is 3.67. The Morgan fingerprint density at radius 3 is 2.75 bits per heavy atom. The van der Waals surface area contributed by atoms with Crippen molar-refractivity contribution in [2.45, 2.75) is 32.4 Å². The molecule has 0 spiro atoms. The molecule has 0 aliphatic rings. The molecule has 0 saturated heterocycles. The Morgan fingerprint density at radius 2 is 2.25 bits per heavy atom. The molecule has 1 atom stereocenters. The van der Waals surface area contributed by atoms with E-state index in [9.17, 15) is 5.21 Å². The molecule has 5 heteroatoms. The van der Waals surface area contributed by atoms with Gasteiger partial charge in [-0.25, -0.2) is 0 Å². The van der Waals surface area contributed by atoms with Crippen LogP contribution >= 0.6 is 11.6 Å². The minimum atomic E-state index is -0.302. The molecule has 1 aromatic rings. The van der Waals surface area contributed by atoms with Crippen LogP contribution in [0.2, 0.25) is 0 Å². The van der Waals surface area contributed by atoms with Gasteiger partial charge >= 0.3 is 0 Å². The first-order chi connectivity index (χ1) is 7.63. The normalized spacial score (nSPS) is 12.5. The van der Waals surface area contributed by atoms with E-state index in [0.29, 0.717) is 11.4 Å². The lowest BCUT2D eigenvalue weighted by Crippen LogP contribution is -2.32. The van der Waals surface area contributed by atoms with Crippen LogP contribution in [0.15, 0.2) is 12.3 Å². The predicted octanol–water partition coefficient (Wildman–Crippen LogP) is 2.13. The van der Waals surface area contributed by atoms with Gasteiger partial charge in [-0.3, -0.25) is 0 Å². The van der Waals surface area contributed by atoms with Crippen molar-refractivity contribution in [1.29, 1.82) is 0 Å². The fourth-order valence-electron chi connectivity index (χ4n) is 1.38. The maximum atomic E-state index is 11.4. The van der Waals surface area contributed by atoms with Gasteiger partial charge < -0.3 is 14.7 Å². The lowest BCUT2D eigenvalue weighted by atomic mass is 10.2. The Kier molecular flexibility index (Phi) is 4.83. The van der Waals surface area contributed by atoms with Gasteiger partial charge in [0.05, 0.1) is 5.56 Å². The highest BCUT2D eigenvalue weighted by Crippen LogP contribution is 2.21. The molecular formula is C11H16ClNO3. The fraction of sp³-hybridized carbons (Fsp3) is 0.545. The zero-order valence-electron chi connectivity index (χ0n) is 9.70. The van der Waals surface area contributed by atoms with Crippen LogP contribution in [0.1, 0.15) is 24.6 Å². The second-order valence-electron chi connectivity index (χ2n) is 3.40. The van der Waals surface area contributed by atoms with Crippen LogP contribution in [-0.2, 0) is 10.6 Å². The molecule has 90 valence electrons. The highest BCUT2D eigenvalue weighted by atomic mass is 35.5. The van der Waals surface area contributed by atoms with Crippen molar-refractivity contribution in [3.05, 3.63) is 28.7 Å². The first-order valence-electron chi connectivity index (χ1n) is 5.11. The lowest BCUT2D eigenvalue weighted by molar-refractivity contribution is -0.613. The maximum Gasteiger partial charge on any atom is 0.214 e. The van der Waals surface area contributed by atoms with E-state index in [-0.39, 0.29) is 12.2 Å². The van der Waals surface area contributed by atoms with Crippen LogP contribution in [0.4, 0.5) is 0 Å². The number of pyridine rings is 1. The van der Waals surface area contributed by atoms with Crippen LogP contribution in [-0.4, -0.2) is 13.4 Å². The van der Waals surface area contributed by atoms with E-state index in [1.54, 1.807) is 13.2 Å². The molecule has 0 aliphatic heterocycles. The summed E-state index contributed by atoms with van der Waals surface area (Å²) in [5, 5.41) is 11.4. The summed E-state index contributed by atoms with van der Waals surface area (Å²) in [6.07, 6.45) is 1.82. The predicted molar refractivity (Wildman–Crippen MR) is 61.4 cm³/mol. The Balaban J connectivity index is 2.97. The summed E-state index contributed by atoms with van der Waals surface area (Å²) in [5.41, 5.74) is 1.26. The summed E-state index contributed by atoms with van der Waals surface area (Å²) < 4.78 is 11.5. The number of ether oxygens (including phenoxy) is 2. The van der Waals surface area contributed by atoms with E-state index in [1.807, 2.05) is 13.8 Å². The molecule has 0 aromatic carbocycles. The highest BCUT2D eigenvalue weighted by molar-refractivity contribution is 6.16. The summed E-state index contributed by atoms with van der Waals surface area (Å²) >= 11 is 5.71. The molecule has 0 bridgehead atoms. The van der Waals surface area contributed by atoms with Gasteiger partial charge in [-0.1, -0.05) is 6.92 Å². The largest absolute Gasteiger partial charge is 0.618 e. The van der Waals surface area contributed by atoms with E-state index in [0.717, 1.165) is 16.7 Å². The van der Waals surface area contributed by atoms with E-state index in [1.165, 1.54) is 6.20 Å². The molecule has 1 rings (SSSR count). The summed E-state index contributed by atoms with van der Waals surface area (Å²) in [6.45, 7) is 3.77. The van der Waals surface area contributed by atoms with Crippen molar-refractivity contribution < 1.29 is 14.2 Å². The van der Waals surface area contributed by atoms with Crippen LogP contribution in [0.25, 0.3) is 0 Å². The van der Waals surface area contributed by atoms with E-state index in [2.05, 4.69) is 0 Å². The van der Waals surface area contributed by atoms with Gasteiger partial charge in [-0.15, -0.1) is 11.6 Å². The number of rotatable bonds is 5. The topological polar surface area (TPSA) is 45.4 Å². The Morgan fingerprint density at radius 1 is 1.56 bits per heavy atom. The number of hydrogen-bond acceptors (Lipinski definition) is 3. The Hall–Kier alpha value is -1.00. The fourth-order valence-corrected chi connectivity index (χ4v) is 1.70. The zero-order valence-corrected chi connectivity index (χ0v) is 10.5. The number of hydrogen-bond donors (Lipinski definition) is 0. The van der Waals surface area contributed by atoms with Gasteiger partial charge in [0.25, 0.3) is 0 Å². The van der Waals surface area contributed by atoms with E-state index >= 15 is 0 Å². The molecule has 0 aliphatic carbocycles. The third-order valence-corrected chi connectivity index (χ3v) is 2.66. The van der Waals surface area contributed by atoms with Gasteiger partial charge in [0.15, 0.2) is 12.5 Å². The summed E-state index contributed by atoms with van der Waals surface area (Å²) in [4.78, 5) is 0. The van der Waals surface area contributed by atoms with E-state index < -0.39 is 0 Å². The molecular weight excluding hydrogens is 230 g/mol. The molecule has 1 aromatic heterocycles. The SMILES string of the molecule is CCC(OC)Oc1cc[n+]([O-])c(CCl)c1C. The van der Waals surface area contributed by atoms with Crippen molar-refractivity contribution in [3.63, 3.8) is 0 Å². The van der Waals surface area contributed by atoms with Gasteiger partial charge in [0.2, 0.25) is 5.69 Å². The van der Waals surface area contributed by atoms with Crippen LogP contribution < -0.4 is 9.47 Å². The lowest BCUT2D eigenvalue weighted by Gasteiger charge is -2.17. The third kappa shape index (κ3) is 2.77. The Bertz CT molecular complexity index is 353. The number of alkyl halides is 1. The summed E-state index contributed by atoms with van der Waals surface area (Å²) in [5.74, 6) is 0.799. The monoisotopic (exact) mass is 245 g/mol. The van der Waals surface area contributed by atoms with Crippen LogP contribution in [0.3, 0.4) is 0 Å². The Labute approximate surface area is 100 Å². The molecule has 4 nitrogen and oxygen atoms in total. The van der Waals surface area contributed by atoms with Gasteiger partial charge in [-0.2, -0.15) is 4.73 Å². The molecule has 0 fully saturated rings. The minimum Gasteiger partial charge on any atom is -0.618 e. The van der Waals surface area contributed by atoms with Gasteiger partial charge in [0.1, 0.15) is 11.6 Å². The molecule has 1 heterocycles. The average Bonchev–Trinajstić information content (AvgIpc) is 2.29. The smallest absolute Gasteiger partial charge is 0.214 e. The van der Waals surface area contributed by atoms with Gasteiger partial charge in [0, 0.05) is 19.6 Å². The van der Waals surface area contributed by atoms with E-state index in [4.69, 9.17) is 21.1 Å². The second kappa shape index (κ2) is 5.92. The first-order valence-corrected chi connectivity index (χ1v) is 5.64. The molecule has 0 amide bonds. The van der Waals surface area contributed by atoms with Crippen molar-refractivity contribution in [2.24, 2.45) is 0 Å². The van der Waals surface area contributed by atoms with Crippen molar-refractivity contribution >= 4 is 11.6 Å². The average molecular weight is 246 g/mol. The molecule has 0 radical (unpaired) electrons. The zero-order chi connectivity index (χ0) is 12.1.